The van der Waals surface area contributed by atoms with Gasteiger partial charge in [-0.15, -0.1) is 0 Å². The van der Waals surface area contributed by atoms with E-state index in [0.29, 0.717) is 0 Å². The molecule has 0 aliphatic heterocycles. The van der Waals surface area contributed by atoms with Crippen LogP contribution in [0.15, 0.2) is 29.3 Å². The van der Waals surface area contributed by atoms with Crippen LogP contribution in [0.25, 0.3) is 0 Å². The van der Waals surface area contributed by atoms with Gasteiger partial charge in [0.25, 0.3) is 5.91 Å². The maximum atomic E-state index is 12.1. The van der Waals surface area contributed by atoms with Gasteiger partial charge in [-0.3, -0.25) is 9.79 Å². The monoisotopic (exact) mass is 389 g/mol. The predicted molar refractivity (Wildman–Crippen MR) is 119 cm³/mol. The number of hydrogen-bond donors (Lipinski definition) is 2. The van der Waals surface area contributed by atoms with Gasteiger partial charge in [0, 0.05) is 39.8 Å². The topological polar surface area (TPSA) is 60.0 Å². The molecule has 0 saturated carbocycles. The van der Waals surface area contributed by atoms with Gasteiger partial charge in [-0.1, -0.05) is 31.4 Å². The first kappa shape index (κ1) is 24.0. The maximum absolute atomic E-state index is 12.1. The molecule has 6 heteroatoms. The summed E-state index contributed by atoms with van der Waals surface area (Å²) < 4.78 is 0. The molecule has 1 amide bonds. The third-order valence-corrected chi connectivity index (χ3v) is 4.58. The molecule has 2 N–H and O–H groups in total. The van der Waals surface area contributed by atoms with Gasteiger partial charge in [-0.05, 0) is 57.6 Å². The van der Waals surface area contributed by atoms with Crippen LogP contribution in [0.2, 0.25) is 0 Å². The number of amides is 1. The predicted octanol–water partition coefficient (Wildman–Crippen LogP) is 2.61. The second kappa shape index (κ2) is 14.0. The molecule has 0 spiro atoms. The molecule has 0 fully saturated rings. The molecule has 1 aromatic rings. The molecule has 0 unspecified atom stereocenters. The zero-order chi connectivity index (χ0) is 20.8. The Balaban J connectivity index is 2.21. The number of rotatable bonds is 12. The van der Waals surface area contributed by atoms with Gasteiger partial charge in [0.1, 0.15) is 0 Å². The summed E-state index contributed by atoms with van der Waals surface area (Å²) in [6.07, 6.45) is 7.15. The van der Waals surface area contributed by atoms with Crippen molar-refractivity contribution in [1.82, 2.24) is 20.4 Å². The average Bonchev–Trinajstić information content (AvgIpc) is 2.67. The fourth-order valence-corrected chi connectivity index (χ4v) is 2.95. The molecule has 28 heavy (non-hydrogen) atoms. The van der Waals surface area contributed by atoms with E-state index < -0.39 is 0 Å². The van der Waals surface area contributed by atoms with Crippen LogP contribution in [0.3, 0.4) is 0 Å². The van der Waals surface area contributed by atoms with Crippen molar-refractivity contribution in [3.05, 3.63) is 35.4 Å². The number of carbonyl (C=O) groups excluding carboxylic acids is 1. The van der Waals surface area contributed by atoms with E-state index in [9.17, 15) is 4.79 Å². The van der Waals surface area contributed by atoms with Crippen molar-refractivity contribution < 1.29 is 4.79 Å². The number of guanidine groups is 1. The number of nitrogens with zero attached hydrogens (tertiary/aromatic N) is 3. The summed E-state index contributed by atoms with van der Waals surface area (Å²) in [5.74, 6) is 0.877. The lowest BCUT2D eigenvalue weighted by Crippen LogP contribution is -2.38. The van der Waals surface area contributed by atoms with Crippen molar-refractivity contribution in [3.8, 4) is 0 Å². The van der Waals surface area contributed by atoms with E-state index in [1.807, 2.05) is 18.2 Å². The second-order valence-electron chi connectivity index (χ2n) is 7.65. The van der Waals surface area contributed by atoms with Crippen LogP contribution in [0.4, 0.5) is 0 Å². The highest BCUT2D eigenvalue weighted by molar-refractivity contribution is 5.94. The number of unbranched alkanes of at least 4 members (excludes halogenated alkanes) is 4. The normalized spacial score (nSPS) is 11.6. The minimum atomic E-state index is 0.0361. The average molecular weight is 390 g/mol. The van der Waals surface area contributed by atoms with Crippen LogP contribution >= 0.6 is 0 Å². The van der Waals surface area contributed by atoms with Crippen molar-refractivity contribution in [3.63, 3.8) is 0 Å². The summed E-state index contributed by atoms with van der Waals surface area (Å²) in [6, 6.07) is 7.83. The molecule has 6 nitrogen and oxygen atoms in total. The molecule has 0 atom stereocenters. The number of hydrogen-bond acceptors (Lipinski definition) is 3. The smallest absolute Gasteiger partial charge is 0.253 e. The van der Waals surface area contributed by atoms with Gasteiger partial charge in [-0.2, -0.15) is 0 Å². The fourth-order valence-electron chi connectivity index (χ4n) is 2.95. The third kappa shape index (κ3) is 10.3. The van der Waals surface area contributed by atoms with E-state index in [2.05, 4.69) is 40.7 Å². The summed E-state index contributed by atoms with van der Waals surface area (Å²) in [5.41, 5.74) is 1.88. The lowest BCUT2D eigenvalue weighted by Gasteiger charge is -2.13. The van der Waals surface area contributed by atoms with E-state index in [4.69, 9.17) is 0 Å². The maximum Gasteiger partial charge on any atom is 0.253 e. The Labute approximate surface area is 171 Å². The number of nitrogens with one attached hydrogen (secondary N) is 2. The molecule has 1 rings (SSSR count). The standard InChI is InChI=1S/C22H39N5O/c1-23-22(24-15-9-7-6-8-10-17-26(2)3)25-16-14-19-12-11-13-20(18-19)21(28)27(4)5/h11-13,18H,6-10,14-17H2,1-5H3,(H2,23,24,25). The van der Waals surface area contributed by atoms with E-state index in [-0.39, 0.29) is 5.91 Å². The van der Waals surface area contributed by atoms with Crippen LogP contribution in [-0.2, 0) is 6.42 Å². The van der Waals surface area contributed by atoms with Crippen molar-refractivity contribution in [1.29, 1.82) is 0 Å². The molecule has 0 aliphatic rings. The van der Waals surface area contributed by atoms with Gasteiger partial charge in [0.2, 0.25) is 0 Å². The van der Waals surface area contributed by atoms with Gasteiger partial charge in [0.15, 0.2) is 5.96 Å². The second-order valence-corrected chi connectivity index (χ2v) is 7.65. The van der Waals surface area contributed by atoms with Gasteiger partial charge >= 0.3 is 0 Å². The summed E-state index contributed by atoms with van der Waals surface area (Å²) in [6.45, 7) is 2.91. The number of carbonyl (C=O) groups is 1. The molecule has 0 aromatic heterocycles. The zero-order valence-corrected chi connectivity index (χ0v) is 18.4. The summed E-state index contributed by atoms with van der Waals surface area (Å²) in [4.78, 5) is 20.2. The molecular weight excluding hydrogens is 350 g/mol. The van der Waals surface area contributed by atoms with Gasteiger partial charge in [0.05, 0.1) is 0 Å². The minimum Gasteiger partial charge on any atom is -0.356 e. The Bertz CT molecular complexity index is 598. The van der Waals surface area contributed by atoms with E-state index in [1.165, 1.54) is 32.2 Å². The molecular formula is C22H39N5O. The molecule has 158 valence electrons. The largest absolute Gasteiger partial charge is 0.356 e. The lowest BCUT2D eigenvalue weighted by molar-refractivity contribution is 0.0827. The summed E-state index contributed by atoms with van der Waals surface area (Å²) in [7, 11) is 9.60. The molecule has 0 radical (unpaired) electrons. The Morgan fingerprint density at radius 2 is 1.64 bits per heavy atom. The lowest BCUT2D eigenvalue weighted by atomic mass is 10.1. The SMILES string of the molecule is CN=C(NCCCCCCCN(C)C)NCCc1cccc(C(=O)N(C)C)c1. The minimum absolute atomic E-state index is 0.0361. The Morgan fingerprint density at radius 3 is 2.32 bits per heavy atom. The first-order chi connectivity index (χ1) is 13.4. The third-order valence-electron chi connectivity index (χ3n) is 4.58. The molecule has 0 heterocycles. The Morgan fingerprint density at radius 1 is 0.964 bits per heavy atom. The Hall–Kier alpha value is -2.08. The summed E-state index contributed by atoms with van der Waals surface area (Å²) >= 11 is 0. The van der Waals surface area contributed by atoms with Gasteiger partial charge < -0.3 is 20.4 Å². The van der Waals surface area contributed by atoms with E-state index in [0.717, 1.165) is 43.0 Å². The fraction of sp³-hybridized carbons (Fsp3) is 0.636. The quantitative estimate of drug-likeness (QED) is 0.328. The zero-order valence-electron chi connectivity index (χ0n) is 18.4. The van der Waals surface area contributed by atoms with Crippen molar-refractivity contribution in [2.24, 2.45) is 4.99 Å². The molecule has 0 bridgehead atoms. The first-order valence-electron chi connectivity index (χ1n) is 10.3. The van der Waals surface area contributed by atoms with Gasteiger partial charge in [-0.25, -0.2) is 0 Å². The van der Waals surface area contributed by atoms with E-state index in [1.54, 1.807) is 26.0 Å². The van der Waals surface area contributed by atoms with Crippen LogP contribution in [0.1, 0.15) is 48.0 Å². The van der Waals surface area contributed by atoms with Crippen molar-refractivity contribution in [2.75, 3.05) is 54.9 Å². The summed E-state index contributed by atoms with van der Waals surface area (Å²) in [5, 5.41) is 6.73. The Kier molecular flexibility index (Phi) is 12.0. The first-order valence-corrected chi connectivity index (χ1v) is 10.3. The van der Waals surface area contributed by atoms with Crippen LogP contribution in [0.5, 0.6) is 0 Å². The molecule has 0 saturated heterocycles. The van der Waals surface area contributed by atoms with E-state index >= 15 is 0 Å². The molecule has 0 aliphatic carbocycles. The van der Waals surface area contributed by atoms with Crippen LogP contribution in [0, 0.1) is 0 Å². The number of benzene rings is 1. The van der Waals surface area contributed by atoms with Crippen molar-refractivity contribution in [2.45, 2.75) is 38.5 Å². The highest BCUT2D eigenvalue weighted by Crippen LogP contribution is 2.08. The number of aliphatic imine (C=N–C) groups is 1. The highest BCUT2D eigenvalue weighted by atomic mass is 16.2. The van der Waals surface area contributed by atoms with Crippen molar-refractivity contribution >= 4 is 11.9 Å². The highest BCUT2D eigenvalue weighted by Gasteiger charge is 2.08. The van der Waals surface area contributed by atoms with Crippen LogP contribution < -0.4 is 10.6 Å². The van der Waals surface area contributed by atoms with Crippen LogP contribution in [-0.4, -0.2) is 76.5 Å². The molecule has 1 aromatic carbocycles.